The Balaban J connectivity index is 1.73. The highest BCUT2D eigenvalue weighted by atomic mass is 16.5. The number of carbonyl (C=O) groups is 1. The number of nitrogens with zero attached hydrogens (tertiary/aromatic N) is 1. The summed E-state index contributed by atoms with van der Waals surface area (Å²) in [5.41, 5.74) is 1.68. The third kappa shape index (κ3) is 5.27. The maximum Gasteiger partial charge on any atom is 0.244 e. The normalized spacial score (nSPS) is 11.6. The molecule has 3 rings (SSSR count). The lowest BCUT2D eigenvalue weighted by Gasteiger charge is -2.16. The molecule has 1 aromatic heterocycles. The molecule has 0 aliphatic carbocycles. The Morgan fingerprint density at radius 2 is 2.00 bits per heavy atom. The summed E-state index contributed by atoms with van der Waals surface area (Å²) in [4.78, 5) is 12.5. The molecule has 3 aromatic rings. The molecule has 0 aliphatic rings. The van der Waals surface area contributed by atoms with Gasteiger partial charge in [0, 0.05) is 6.08 Å². The number of hydrogen-bond donors (Lipinski definition) is 1. The minimum absolute atomic E-state index is 0.0679. The van der Waals surface area contributed by atoms with E-state index < -0.39 is 0 Å². The van der Waals surface area contributed by atoms with Gasteiger partial charge in [-0.25, -0.2) is 0 Å². The standard InChI is InChI=1S/C23H20N2O4/c1-27-21-16-17(9-11-19(21)29-15-13-24)10-12-22(26)25-23(20-8-5-14-28-20)18-6-3-2-4-7-18/h2-12,14,16,23H,15H2,1H3,(H,25,26). The van der Waals surface area contributed by atoms with Gasteiger partial charge in [-0.3, -0.25) is 4.79 Å². The van der Waals surface area contributed by atoms with E-state index in [2.05, 4.69) is 5.32 Å². The van der Waals surface area contributed by atoms with Crippen LogP contribution in [0.5, 0.6) is 11.5 Å². The van der Waals surface area contributed by atoms with Gasteiger partial charge in [-0.2, -0.15) is 5.26 Å². The molecule has 2 aromatic carbocycles. The van der Waals surface area contributed by atoms with Crippen LogP contribution < -0.4 is 14.8 Å². The van der Waals surface area contributed by atoms with Gasteiger partial charge >= 0.3 is 0 Å². The summed E-state index contributed by atoms with van der Waals surface area (Å²) in [6.07, 6.45) is 4.70. The lowest BCUT2D eigenvalue weighted by Crippen LogP contribution is -2.27. The van der Waals surface area contributed by atoms with Crippen LogP contribution in [0.1, 0.15) is 22.9 Å². The van der Waals surface area contributed by atoms with E-state index in [0.717, 1.165) is 11.1 Å². The Bertz CT molecular complexity index is 1010. The van der Waals surface area contributed by atoms with Gasteiger partial charge in [0.15, 0.2) is 18.1 Å². The average Bonchev–Trinajstić information content (AvgIpc) is 3.30. The molecule has 0 aliphatic heterocycles. The molecule has 0 fully saturated rings. The van der Waals surface area contributed by atoms with Gasteiger partial charge < -0.3 is 19.2 Å². The van der Waals surface area contributed by atoms with Gasteiger partial charge in [0.2, 0.25) is 5.91 Å². The highest BCUT2D eigenvalue weighted by molar-refractivity contribution is 5.92. The van der Waals surface area contributed by atoms with Crippen LogP contribution in [0, 0.1) is 11.3 Å². The fraction of sp³-hybridized carbons (Fsp3) is 0.130. The lowest BCUT2D eigenvalue weighted by molar-refractivity contribution is -0.117. The average molecular weight is 388 g/mol. The van der Waals surface area contributed by atoms with Gasteiger partial charge in [0.05, 0.1) is 13.4 Å². The van der Waals surface area contributed by atoms with E-state index in [4.69, 9.17) is 19.2 Å². The zero-order chi connectivity index (χ0) is 20.5. The number of benzene rings is 2. The molecular formula is C23H20N2O4. The first-order chi connectivity index (χ1) is 14.2. The third-order valence-corrected chi connectivity index (χ3v) is 4.15. The molecule has 0 saturated heterocycles. The van der Waals surface area contributed by atoms with Crippen molar-refractivity contribution in [3.63, 3.8) is 0 Å². The van der Waals surface area contributed by atoms with E-state index in [1.54, 1.807) is 36.6 Å². The van der Waals surface area contributed by atoms with Crippen molar-refractivity contribution in [3.8, 4) is 17.6 Å². The van der Waals surface area contributed by atoms with Crippen molar-refractivity contribution in [1.29, 1.82) is 5.26 Å². The minimum atomic E-state index is -0.389. The van der Waals surface area contributed by atoms with Gasteiger partial charge in [0.25, 0.3) is 0 Å². The first-order valence-electron chi connectivity index (χ1n) is 8.96. The Morgan fingerprint density at radius 1 is 1.17 bits per heavy atom. The van der Waals surface area contributed by atoms with E-state index in [1.165, 1.54) is 13.2 Å². The van der Waals surface area contributed by atoms with Crippen LogP contribution in [0.15, 0.2) is 77.4 Å². The maximum absolute atomic E-state index is 12.5. The summed E-state index contributed by atoms with van der Waals surface area (Å²) in [7, 11) is 1.52. The SMILES string of the molecule is COc1cc(C=CC(=O)NC(c2ccccc2)c2ccco2)ccc1OCC#N. The fourth-order valence-electron chi connectivity index (χ4n) is 2.80. The number of furan rings is 1. The van der Waals surface area contributed by atoms with Crippen LogP contribution >= 0.6 is 0 Å². The molecule has 1 atom stereocenters. The quantitative estimate of drug-likeness (QED) is 0.587. The van der Waals surface area contributed by atoms with Gasteiger partial charge in [-0.1, -0.05) is 36.4 Å². The van der Waals surface area contributed by atoms with Crippen molar-refractivity contribution in [3.05, 3.63) is 89.9 Å². The van der Waals surface area contributed by atoms with E-state index in [0.29, 0.717) is 17.3 Å². The minimum Gasteiger partial charge on any atom is -0.493 e. The van der Waals surface area contributed by atoms with Crippen molar-refractivity contribution in [1.82, 2.24) is 5.32 Å². The maximum atomic E-state index is 12.5. The number of amides is 1. The van der Waals surface area contributed by atoms with Gasteiger partial charge in [-0.15, -0.1) is 0 Å². The summed E-state index contributed by atoms with van der Waals surface area (Å²) in [5, 5.41) is 11.6. The first kappa shape index (κ1) is 19.8. The van der Waals surface area contributed by atoms with E-state index >= 15 is 0 Å². The van der Waals surface area contributed by atoms with Gasteiger partial charge in [0.1, 0.15) is 17.9 Å². The summed E-state index contributed by atoms with van der Waals surface area (Å²) < 4.78 is 16.1. The van der Waals surface area contributed by atoms with Gasteiger partial charge in [-0.05, 0) is 41.5 Å². The van der Waals surface area contributed by atoms with Crippen LogP contribution in [0.25, 0.3) is 6.08 Å². The molecule has 1 heterocycles. The summed E-state index contributed by atoms with van der Waals surface area (Å²) in [6, 6.07) is 20.0. The molecule has 0 radical (unpaired) electrons. The van der Waals surface area contributed by atoms with E-state index in [9.17, 15) is 4.79 Å². The molecular weight excluding hydrogens is 368 g/mol. The van der Waals surface area contributed by atoms with Crippen molar-refractivity contribution in [2.75, 3.05) is 13.7 Å². The monoisotopic (exact) mass is 388 g/mol. The molecule has 1 N–H and O–H groups in total. The molecule has 29 heavy (non-hydrogen) atoms. The molecule has 0 spiro atoms. The molecule has 0 saturated carbocycles. The molecule has 1 unspecified atom stereocenters. The second kappa shape index (κ2) is 9.81. The topological polar surface area (TPSA) is 84.5 Å². The third-order valence-electron chi connectivity index (χ3n) is 4.15. The summed E-state index contributed by atoms with van der Waals surface area (Å²) >= 11 is 0. The zero-order valence-corrected chi connectivity index (χ0v) is 15.9. The second-order valence-corrected chi connectivity index (χ2v) is 6.06. The van der Waals surface area contributed by atoms with Crippen LogP contribution in [0.3, 0.4) is 0 Å². The molecule has 0 bridgehead atoms. The van der Waals surface area contributed by atoms with E-state index in [1.807, 2.05) is 42.5 Å². The predicted molar refractivity (Wildman–Crippen MR) is 108 cm³/mol. The van der Waals surface area contributed by atoms with Crippen molar-refractivity contribution >= 4 is 12.0 Å². The number of ether oxygens (including phenoxy) is 2. The Morgan fingerprint density at radius 3 is 2.69 bits per heavy atom. The number of methoxy groups -OCH3 is 1. The Hall–Kier alpha value is -3.98. The summed E-state index contributed by atoms with van der Waals surface area (Å²) in [5.74, 6) is 1.34. The number of nitrogens with one attached hydrogen (secondary N) is 1. The van der Waals surface area contributed by atoms with E-state index in [-0.39, 0.29) is 18.6 Å². The van der Waals surface area contributed by atoms with Crippen LogP contribution in [-0.4, -0.2) is 19.6 Å². The second-order valence-electron chi connectivity index (χ2n) is 6.06. The molecule has 6 heteroatoms. The van der Waals surface area contributed by atoms with Crippen molar-refractivity contribution in [2.24, 2.45) is 0 Å². The number of nitriles is 1. The molecule has 1 amide bonds. The molecule has 6 nitrogen and oxygen atoms in total. The predicted octanol–water partition coefficient (Wildman–Crippen LogP) is 4.11. The summed E-state index contributed by atoms with van der Waals surface area (Å²) in [6.45, 7) is -0.0679. The Labute approximate surface area is 169 Å². The van der Waals surface area contributed by atoms with Crippen LogP contribution in [-0.2, 0) is 4.79 Å². The fourth-order valence-corrected chi connectivity index (χ4v) is 2.80. The Kier molecular flexibility index (Phi) is 6.69. The number of hydrogen-bond acceptors (Lipinski definition) is 5. The smallest absolute Gasteiger partial charge is 0.244 e. The number of rotatable bonds is 8. The van der Waals surface area contributed by atoms with Crippen LogP contribution in [0.2, 0.25) is 0 Å². The lowest BCUT2D eigenvalue weighted by atomic mass is 10.0. The number of carbonyl (C=O) groups excluding carboxylic acids is 1. The molecule has 146 valence electrons. The zero-order valence-electron chi connectivity index (χ0n) is 15.9. The highest BCUT2D eigenvalue weighted by Gasteiger charge is 2.18. The first-order valence-corrected chi connectivity index (χ1v) is 8.96. The van der Waals surface area contributed by atoms with Crippen LogP contribution in [0.4, 0.5) is 0 Å². The highest BCUT2D eigenvalue weighted by Crippen LogP contribution is 2.28. The van der Waals surface area contributed by atoms with Crippen molar-refractivity contribution < 1.29 is 18.7 Å². The largest absolute Gasteiger partial charge is 0.493 e. The van der Waals surface area contributed by atoms with Crippen molar-refractivity contribution in [2.45, 2.75) is 6.04 Å².